The van der Waals surface area contributed by atoms with Crippen LogP contribution in [0.2, 0.25) is 0 Å². The molecule has 238 valence electrons. The zero-order valence-electron chi connectivity index (χ0n) is 26.1. The van der Waals surface area contributed by atoms with Crippen LogP contribution in [0.15, 0.2) is 95.8 Å². The number of carboxylic acids is 1. The highest BCUT2D eigenvalue weighted by Gasteiger charge is 2.24. The van der Waals surface area contributed by atoms with Gasteiger partial charge in [-0.2, -0.15) is 0 Å². The number of phenols is 1. The lowest BCUT2D eigenvalue weighted by molar-refractivity contribution is 0.0693. The fourth-order valence-corrected chi connectivity index (χ4v) is 6.01. The van der Waals surface area contributed by atoms with Gasteiger partial charge in [-0.1, -0.05) is 74.5 Å². The maximum atomic E-state index is 12.1. The number of aliphatic hydroxyl groups excluding tert-OH is 1. The number of aliphatic hydroxyl groups is 1. The molecule has 1 aliphatic rings. The second kappa shape index (κ2) is 14.9. The number of aromatic nitrogens is 1. The third kappa shape index (κ3) is 7.65. The first-order valence-corrected chi connectivity index (χ1v) is 15.7. The normalized spacial score (nSPS) is 13.1. The van der Waals surface area contributed by atoms with Gasteiger partial charge >= 0.3 is 5.97 Å². The number of aromatic amines is 1. The standard InChI is InChI=1S/C31H34N2O3.C7H6O3/c1-3-21-14-23-16-25(17-24(23)15-22(21)4-2)32-18-28(34)26-10-12-29(31-27(26)11-13-30(35)33-31)36-19-20-8-6-5-7-9-20;8-6-4-2-1-3-5(6)7(9)10/h5-15,25,28,32,34H,3-4,16-19H2,1-2H3,(H,33,35);1-4,8H,(H,9,10)/t28-;/m0./s1. The largest absolute Gasteiger partial charge is 0.507 e. The number of rotatable bonds is 10. The summed E-state index contributed by atoms with van der Waals surface area (Å²) in [6.07, 6.45) is 3.39. The van der Waals surface area contributed by atoms with Gasteiger partial charge in [-0.05, 0) is 83.3 Å². The molecule has 5 N–H and O–H groups in total. The van der Waals surface area contributed by atoms with Crippen LogP contribution < -0.4 is 15.6 Å². The number of ether oxygens (including phenoxy) is 1. The molecule has 1 heterocycles. The molecule has 0 radical (unpaired) electrons. The van der Waals surface area contributed by atoms with Gasteiger partial charge in [-0.15, -0.1) is 0 Å². The Hall–Kier alpha value is -4.92. The van der Waals surface area contributed by atoms with Crippen LogP contribution in [0.1, 0.15) is 63.7 Å². The third-order valence-corrected chi connectivity index (χ3v) is 8.44. The zero-order valence-corrected chi connectivity index (χ0v) is 26.1. The molecule has 5 aromatic rings. The van der Waals surface area contributed by atoms with E-state index in [1.165, 1.54) is 40.5 Å². The van der Waals surface area contributed by atoms with Gasteiger partial charge in [0.05, 0.1) is 11.6 Å². The highest BCUT2D eigenvalue weighted by Crippen LogP contribution is 2.31. The monoisotopic (exact) mass is 620 g/mol. The molecule has 1 aliphatic carbocycles. The van der Waals surface area contributed by atoms with E-state index in [9.17, 15) is 14.7 Å². The number of aromatic carboxylic acids is 1. The van der Waals surface area contributed by atoms with E-state index in [0.29, 0.717) is 30.5 Å². The van der Waals surface area contributed by atoms with Crippen LogP contribution in [0.5, 0.6) is 11.5 Å². The van der Waals surface area contributed by atoms with Crippen LogP contribution in [0.3, 0.4) is 0 Å². The van der Waals surface area contributed by atoms with E-state index >= 15 is 0 Å². The van der Waals surface area contributed by atoms with Gasteiger partial charge in [0.1, 0.15) is 23.7 Å². The fraction of sp³-hybridized carbons (Fsp3) is 0.263. The van der Waals surface area contributed by atoms with Crippen molar-refractivity contribution in [1.29, 1.82) is 0 Å². The van der Waals surface area contributed by atoms with Gasteiger partial charge in [0.25, 0.3) is 0 Å². The molecule has 1 atom stereocenters. The van der Waals surface area contributed by atoms with Crippen LogP contribution in [0, 0.1) is 0 Å². The second-order valence-corrected chi connectivity index (χ2v) is 11.5. The van der Waals surface area contributed by atoms with Crippen molar-refractivity contribution in [3.8, 4) is 11.5 Å². The number of fused-ring (bicyclic) bond motifs is 2. The van der Waals surface area contributed by atoms with Gasteiger partial charge in [0, 0.05) is 24.0 Å². The van der Waals surface area contributed by atoms with Crippen molar-refractivity contribution in [1.82, 2.24) is 10.3 Å². The smallest absolute Gasteiger partial charge is 0.339 e. The van der Waals surface area contributed by atoms with Crippen LogP contribution >= 0.6 is 0 Å². The molecule has 8 nitrogen and oxygen atoms in total. The van der Waals surface area contributed by atoms with Gasteiger partial charge < -0.3 is 30.4 Å². The average molecular weight is 621 g/mol. The Bertz CT molecular complexity index is 1830. The minimum absolute atomic E-state index is 0.0671. The first kappa shape index (κ1) is 32.5. The molecule has 0 saturated heterocycles. The number of H-pyrrole nitrogens is 1. The van der Waals surface area contributed by atoms with Gasteiger partial charge in [0.15, 0.2) is 0 Å². The summed E-state index contributed by atoms with van der Waals surface area (Å²) in [7, 11) is 0. The highest BCUT2D eigenvalue weighted by molar-refractivity contribution is 5.90. The third-order valence-electron chi connectivity index (χ3n) is 8.44. The lowest BCUT2D eigenvalue weighted by Gasteiger charge is -2.19. The fourth-order valence-electron chi connectivity index (χ4n) is 6.01. The maximum Gasteiger partial charge on any atom is 0.339 e. The molecule has 46 heavy (non-hydrogen) atoms. The first-order valence-electron chi connectivity index (χ1n) is 15.7. The molecule has 0 fully saturated rings. The van der Waals surface area contributed by atoms with Crippen molar-refractivity contribution in [3.63, 3.8) is 0 Å². The summed E-state index contributed by atoms with van der Waals surface area (Å²) >= 11 is 0. The van der Waals surface area contributed by atoms with Crippen molar-refractivity contribution in [3.05, 3.63) is 140 Å². The van der Waals surface area contributed by atoms with E-state index < -0.39 is 12.1 Å². The van der Waals surface area contributed by atoms with E-state index in [1.54, 1.807) is 18.2 Å². The number of carboxylic acid groups (broad SMARTS) is 1. The molecular formula is C38H40N2O6. The predicted octanol–water partition coefficient (Wildman–Crippen LogP) is 6.11. The summed E-state index contributed by atoms with van der Waals surface area (Å²) in [4.78, 5) is 25.3. The number of carbonyl (C=O) groups is 1. The topological polar surface area (TPSA) is 132 Å². The number of benzene rings is 4. The van der Waals surface area contributed by atoms with Crippen molar-refractivity contribution >= 4 is 16.9 Å². The quantitative estimate of drug-likeness (QED) is 0.127. The number of aryl methyl sites for hydroxylation is 2. The van der Waals surface area contributed by atoms with E-state index in [2.05, 4.69) is 36.3 Å². The van der Waals surface area contributed by atoms with Gasteiger partial charge in [0.2, 0.25) is 5.56 Å². The number of para-hydroxylation sites is 1. The molecular weight excluding hydrogens is 580 g/mol. The van der Waals surface area contributed by atoms with E-state index in [4.69, 9.17) is 14.9 Å². The number of aromatic hydroxyl groups is 1. The Labute approximate surface area is 268 Å². The van der Waals surface area contributed by atoms with Crippen molar-refractivity contribution in [2.24, 2.45) is 0 Å². The lowest BCUT2D eigenvalue weighted by atomic mass is 9.97. The first-order chi connectivity index (χ1) is 22.3. The molecule has 0 amide bonds. The van der Waals surface area contributed by atoms with Crippen LogP contribution in [0.4, 0.5) is 0 Å². The van der Waals surface area contributed by atoms with Crippen LogP contribution in [0.25, 0.3) is 10.9 Å². The van der Waals surface area contributed by atoms with E-state index in [1.807, 2.05) is 42.5 Å². The Morgan fingerprint density at radius 1 is 0.913 bits per heavy atom. The minimum atomic E-state index is -1.11. The lowest BCUT2D eigenvalue weighted by Crippen LogP contribution is -2.33. The summed E-state index contributed by atoms with van der Waals surface area (Å²) in [5.74, 6) is -0.715. The number of nitrogens with one attached hydrogen (secondary N) is 2. The average Bonchev–Trinajstić information content (AvgIpc) is 3.48. The maximum absolute atomic E-state index is 12.1. The summed E-state index contributed by atoms with van der Waals surface area (Å²) in [6, 6.07) is 27.8. The minimum Gasteiger partial charge on any atom is -0.507 e. The summed E-state index contributed by atoms with van der Waals surface area (Å²) in [5, 5.41) is 32.8. The van der Waals surface area contributed by atoms with Gasteiger partial charge in [-0.25, -0.2) is 4.79 Å². The highest BCUT2D eigenvalue weighted by atomic mass is 16.5. The van der Waals surface area contributed by atoms with Crippen LogP contribution in [-0.2, 0) is 32.3 Å². The molecule has 0 spiro atoms. The van der Waals surface area contributed by atoms with Crippen molar-refractivity contribution in [2.75, 3.05) is 6.54 Å². The van der Waals surface area contributed by atoms with Crippen LogP contribution in [-0.4, -0.2) is 38.9 Å². The SMILES string of the molecule is CCc1cc2c(cc1CC)CC(NC[C@H](O)c1ccc(OCc3ccccc3)c3[nH]c(=O)ccc13)C2.O=C(O)c1ccccc1O. The molecule has 1 aromatic heterocycles. The van der Waals surface area contributed by atoms with E-state index in [-0.39, 0.29) is 16.9 Å². The number of pyridine rings is 1. The molecule has 0 bridgehead atoms. The second-order valence-electron chi connectivity index (χ2n) is 11.5. The van der Waals surface area contributed by atoms with E-state index in [0.717, 1.165) is 42.2 Å². The predicted molar refractivity (Wildman–Crippen MR) is 180 cm³/mol. The molecule has 6 rings (SSSR count). The summed E-state index contributed by atoms with van der Waals surface area (Å²) in [5.41, 5.74) is 7.94. The van der Waals surface area contributed by atoms with Crippen molar-refractivity contribution in [2.45, 2.75) is 58.3 Å². The summed E-state index contributed by atoms with van der Waals surface area (Å²) < 4.78 is 6.04. The Balaban J connectivity index is 0.000000356. The molecule has 0 unspecified atom stereocenters. The molecule has 0 saturated carbocycles. The molecule has 8 heteroatoms. The van der Waals surface area contributed by atoms with Crippen molar-refractivity contribution < 1.29 is 24.9 Å². The number of hydrogen-bond acceptors (Lipinski definition) is 6. The number of hydrogen-bond donors (Lipinski definition) is 5. The Kier molecular flexibility index (Phi) is 10.5. The Morgan fingerprint density at radius 2 is 1.57 bits per heavy atom. The summed E-state index contributed by atoms with van der Waals surface area (Å²) in [6.45, 7) is 5.28. The molecule has 4 aromatic carbocycles. The van der Waals surface area contributed by atoms with Gasteiger partial charge in [-0.3, -0.25) is 4.79 Å². The molecule has 0 aliphatic heterocycles. The Morgan fingerprint density at radius 3 is 2.17 bits per heavy atom. The zero-order chi connectivity index (χ0) is 32.6.